The van der Waals surface area contributed by atoms with E-state index in [0.29, 0.717) is 30.0 Å². The van der Waals surface area contributed by atoms with Gasteiger partial charge >= 0.3 is 0 Å². The van der Waals surface area contributed by atoms with E-state index in [1.807, 2.05) is 0 Å². The van der Waals surface area contributed by atoms with Gasteiger partial charge in [-0.05, 0) is 67.0 Å². The maximum absolute atomic E-state index is 9.64. The Bertz CT molecular complexity index is 347. The summed E-state index contributed by atoms with van der Waals surface area (Å²) in [7, 11) is -1.50. The fourth-order valence-corrected chi connectivity index (χ4v) is 8.61. The van der Waals surface area contributed by atoms with Crippen LogP contribution in [0.2, 0.25) is 18.1 Å². The maximum atomic E-state index is 9.64. The SMILES string of the molecule is CC[Si](CC)(CC)O[C@H]1CCC[C@]2(C)[C@@H]([C@H](C)CO)CC[C@@H]12. The van der Waals surface area contributed by atoms with Gasteiger partial charge in [-0.2, -0.15) is 0 Å². The lowest BCUT2D eigenvalue weighted by Gasteiger charge is -2.48. The molecule has 0 bridgehead atoms. The molecule has 2 rings (SSSR count). The van der Waals surface area contributed by atoms with Crippen molar-refractivity contribution < 1.29 is 9.53 Å². The first kappa shape index (κ1) is 18.5. The van der Waals surface area contributed by atoms with Gasteiger partial charge in [0.1, 0.15) is 0 Å². The fourth-order valence-electron chi connectivity index (χ4n) is 5.68. The highest BCUT2D eigenvalue weighted by Gasteiger charge is 2.53. The van der Waals surface area contributed by atoms with Crippen molar-refractivity contribution in [3.8, 4) is 0 Å². The van der Waals surface area contributed by atoms with Gasteiger partial charge in [0.2, 0.25) is 0 Å². The van der Waals surface area contributed by atoms with Crippen LogP contribution >= 0.6 is 0 Å². The van der Waals surface area contributed by atoms with E-state index in [-0.39, 0.29) is 0 Å². The molecule has 0 aromatic heterocycles. The van der Waals surface area contributed by atoms with Gasteiger partial charge in [0, 0.05) is 12.7 Å². The number of aliphatic hydroxyl groups is 1. The van der Waals surface area contributed by atoms with Crippen molar-refractivity contribution >= 4 is 8.32 Å². The van der Waals surface area contributed by atoms with Crippen LogP contribution in [0.4, 0.5) is 0 Å². The van der Waals surface area contributed by atoms with Gasteiger partial charge < -0.3 is 9.53 Å². The molecule has 2 aliphatic carbocycles. The molecule has 0 radical (unpaired) electrons. The first-order valence-corrected chi connectivity index (χ1v) is 12.3. The molecule has 0 amide bonds. The highest BCUT2D eigenvalue weighted by atomic mass is 28.4. The van der Waals surface area contributed by atoms with Crippen molar-refractivity contribution in [2.45, 2.75) is 91.0 Å². The molecule has 0 saturated heterocycles. The summed E-state index contributed by atoms with van der Waals surface area (Å²) in [6, 6.07) is 3.78. The van der Waals surface area contributed by atoms with E-state index in [9.17, 15) is 5.11 Å². The lowest BCUT2D eigenvalue weighted by molar-refractivity contribution is -0.0251. The summed E-state index contributed by atoms with van der Waals surface area (Å²) < 4.78 is 6.94. The van der Waals surface area contributed by atoms with Crippen LogP contribution in [0.1, 0.15) is 66.7 Å². The highest BCUT2D eigenvalue weighted by Crippen LogP contribution is 2.58. The van der Waals surface area contributed by atoms with Crippen LogP contribution in [0.5, 0.6) is 0 Å². The Morgan fingerprint density at radius 1 is 1.14 bits per heavy atom. The van der Waals surface area contributed by atoms with E-state index < -0.39 is 8.32 Å². The van der Waals surface area contributed by atoms with Crippen molar-refractivity contribution in [1.82, 2.24) is 0 Å². The molecular formula is C19H38O2Si. The van der Waals surface area contributed by atoms with Crippen molar-refractivity contribution in [3.05, 3.63) is 0 Å². The van der Waals surface area contributed by atoms with Gasteiger partial charge in [-0.25, -0.2) is 0 Å². The lowest BCUT2D eigenvalue weighted by Crippen LogP contribution is -2.48. The third kappa shape index (κ3) is 3.18. The average Bonchev–Trinajstić information content (AvgIpc) is 2.90. The zero-order valence-corrected chi connectivity index (χ0v) is 16.5. The van der Waals surface area contributed by atoms with E-state index in [0.717, 1.165) is 5.92 Å². The molecule has 2 nitrogen and oxygen atoms in total. The summed E-state index contributed by atoms with van der Waals surface area (Å²) in [5, 5.41) is 9.64. The van der Waals surface area contributed by atoms with E-state index in [2.05, 4.69) is 34.6 Å². The van der Waals surface area contributed by atoms with Crippen LogP contribution in [0.3, 0.4) is 0 Å². The molecule has 5 atom stereocenters. The molecule has 2 fully saturated rings. The van der Waals surface area contributed by atoms with Crippen LogP contribution < -0.4 is 0 Å². The first-order chi connectivity index (χ1) is 10.5. The van der Waals surface area contributed by atoms with Crippen LogP contribution in [0.15, 0.2) is 0 Å². The summed E-state index contributed by atoms with van der Waals surface area (Å²) in [6.07, 6.45) is 7.04. The largest absolute Gasteiger partial charge is 0.414 e. The Kier molecular flexibility index (Phi) is 6.18. The Balaban J connectivity index is 2.16. The Morgan fingerprint density at radius 3 is 2.32 bits per heavy atom. The summed E-state index contributed by atoms with van der Waals surface area (Å²) >= 11 is 0. The maximum Gasteiger partial charge on any atom is 0.192 e. The second-order valence-corrected chi connectivity index (χ2v) is 13.0. The van der Waals surface area contributed by atoms with Gasteiger partial charge in [-0.3, -0.25) is 0 Å². The standard InChI is InChI=1S/C19H38O2Si/c1-6-22(7-2,8-3)21-18-10-9-13-19(5)16(15(4)14-20)11-12-17(18)19/h15-18,20H,6-14H2,1-5H3/t15-,16-,17+,18+,19-/m1/s1. The van der Waals surface area contributed by atoms with Crippen LogP contribution in [0, 0.1) is 23.2 Å². The monoisotopic (exact) mass is 326 g/mol. The van der Waals surface area contributed by atoms with Gasteiger partial charge in [-0.15, -0.1) is 0 Å². The molecule has 0 heterocycles. The molecule has 2 aliphatic rings. The minimum Gasteiger partial charge on any atom is -0.414 e. The van der Waals surface area contributed by atoms with Crippen molar-refractivity contribution in [3.63, 3.8) is 0 Å². The third-order valence-corrected chi connectivity index (χ3v) is 12.1. The second kappa shape index (κ2) is 7.35. The molecule has 3 heteroatoms. The molecule has 0 aromatic rings. The zero-order chi connectivity index (χ0) is 16.4. The summed E-state index contributed by atoms with van der Waals surface area (Å²) in [4.78, 5) is 0. The minimum absolute atomic E-state index is 0.343. The number of aliphatic hydroxyl groups excluding tert-OH is 1. The van der Waals surface area contributed by atoms with Crippen molar-refractivity contribution in [1.29, 1.82) is 0 Å². The lowest BCUT2D eigenvalue weighted by atomic mass is 9.62. The first-order valence-electron chi connectivity index (χ1n) is 9.75. The van der Waals surface area contributed by atoms with Crippen molar-refractivity contribution in [2.75, 3.05) is 6.61 Å². The molecule has 22 heavy (non-hydrogen) atoms. The predicted molar refractivity (Wildman–Crippen MR) is 96.5 cm³/mol. The van der Waals surface area contributed by atoms with E-state index in [1.54, 1.807) is 0 Å². The van der Waals surface area contributed by atoms with E-state index >= 15 is 0 Å². The minimum atomic E-state index is -1.50. The number of fused-ring (bicyclic) bond motifs is 1. The predicted octanol–water partition coefficient (Wildman–Crippen LogP) is 5.22. The summed E-state index contributed by atoms with van der Waals surface area (Å²) in [6.45, 7) is 12.1. The Labute approximate surface area is 139 Å². The molecular weight excluding hydrogens is 288 g/mol. The number of rotatable bonds is 7. The van der Waals surface area contributed by atoms with Crippen molar-refractivity contribution in [2.24, 2.45) is 23.2 Å². The normalized spacial score (nSPS) is 37.1. The average molecular weight is 327 g/mol. The molecule has 0 spiro atoms. The molecule has 0 aliphatic heterocycles. The summed E-state index contributed by atoms with van der Waals surface area (Å²) in [5.41, 5.74) is 0.403. The zero-order valence-electron chi connectivity index (χ0n) is 15.5. The molecule has 2 saturated carbocycles. The van der Waals surface area contributed by atoms with E-state index in [1.165, 1.54) is 50.2 Å². The topological polar surface area (TPSA) is 29.5 Å². The number of hydrogen-bond donors (Lipinski definition) is 1. The smallest absolute Gasteiger partial charge is 0.192 e. The van der Waals surface area contributed by atoms with Crippen LogP contribution in [0.25, 0.3) is 0 Å². The quantitative estimate of drug-likeness (QED) is 0.650. The van der Waals surface area contributed by atoms with Crippen LogP contribution in [-0.2, 0) is 4.43 Å². The van der Waals surface area contributed by atoms with E-state index in [4.69, 9.17) is 4.43 Å². The van der Waals surface area contributed by atoms with Gasteiger partial charge in [0.15, 0.2) is 8.32 Å². The highest BCUT2D eigenvalue weighted by molar-refractivity contribution is 6.73. The van der Waals surface area contributed by atoms with Gasteiger partial charge in [-0.1, -0.05) is 41.0 Å². The van der Waals surface area contributed by atoms with Crippen LogP contribution in [-0.4, -0.2) is 26.1 Å². The Hall–Kier alpha value is 0.137. The molecule has 130 valence electrons. The summed E-state index contributed by atoms with van der Waals surface area (Å²) in [5.74, 6) is 1.87. The molecule has 0 aromatic carbocycles. The molecule has 0 unspecified atom stereocenters. The fraction of sp³-hybridized carbons (Fsp3) is 1.00. The van der Waals surface area contributed by atoms with Gasteiger partial charge in [0.25, 0.3) is 0 Å². The number of hydrogen-bond acceptors (Lipinski definition) is 2. The van der Waals surface area contributed by atoms with Gasteiger partial charge in [0.05, 0.1) is 0 Å². The second-order valence-electron chi connectivity index (χ2n) is 8.25. The Morgan fingerprint density at radius 2 is 1.77 bits per heavy atom. The third-order valence-electron chi connectivity index (χ3n) is 7.44. The molecule has 1 N–H and O–H groups in total.